The number of rotatable bonds is 6. The van der Waals surface area contributed by atoms with Crippen molar-refractivity contribution in [2.24, 2.45) is 5.92 Å². The summed E-state index contributed by atoms with van der Waals surface area (Å²) >= 11 is 0. The fourth-order valence-corrected chi connectivity index (χ4v) is 2.61. The van der Waals surface area contributed by atoms with Crippen LogP contribution in [0.25, 0.3) is 17.1 Å². The van der Waals surface area contributed by atoms with Crippen LogP contribution in [0.3, 0.4) is 0 Å². The molecule has 0 saturated heterocycles. The molecule has 0 unspecified atom stereocenters. The molecule has 7 heteroatoms. The molecule has 0 aromatic carbocycles. The van der Waals surface area contributed by atoms with Gasteiger partial charge in [0.2, 0.25) is 5.88 Å². The van der Waals surface area contributed by atoms with Crippen LogP contribution in [0.15, 0.2) is 30.7 Å². The third-order valence-corrected chi connectivity index (χ3v) is 4.63. The molecular weight excluding hydrogens is 340 g/mol. The number of pyridine rings is 1. The third kappa shape index (κ3) is 4.07. The van der Waals surface area contributed by atoms with Crippen molar-refractivity contribution >= 4 is 5.82 Å². The Bertz CT molecular complexity index is 934. The van der Waals surface area contributed by atoms with Gasteiger partial charge in [0.1, 0.15) is 11.4 Å². The molecule has 0 bridgehead atoms. The van der Waals surface area contributed by atoms with E-state index in [4.69, 9.17) is 4.74 Å². The van der Waals surface area contributed by atoms with Gasteiger partial charge in [-0.05, 0) is 50.5 Å². The molecule has 3 heterocycles. The normalized spacial score (nSPS) is 12.3. The maximum Gasteiger partial charge on any atom is 0.238 e. The summed E-state index contributed by atoms with van der Waals surface area (Å²) in [6.45, 7) is 10.5. The molecule has 0 spiro atoms. The molecular formula is C20H26N6O. The molecule has 0 aliphatic rings. The number of aryl methyl sites for hydroxylation is 2. The molecule has 0 aliphatic heterocycles. The van der Waals surface area contributed by atoms with Gasteiger partial charge in [-0.3, -0.25) is 0 Å². The van der Waals surface area contributed by atoms with E-state index in [9.17, 15) is 0 Å². The first kappa shape index (κ1) is 18.8. The minimum Gasteiger partial charge on any atom is -0.479 e. The van der Waals surface area contributed by atoms with E-state index in [1.165, 1.54) is 0 Å². The molecule has 7 nitrogen and oxygen atoms in total. The predicted octanol–water partition coefficient (Wildman–Crippen LogP) is 3.81. The number of hydrogen-bond acceptors (Lipinski definition) is 6. The topological polar surface area (TPSA) is 77.8 Å². The standard InChI is InChI=1S/C20H26N6O/c1-12(2)15(5)22-19-13(3)9-17(24-25-19)16-7-8-18(20(23-16)27-6)26-10-14(4)21-11-26/h7-12,15H,1-6H3,(H,22,25)/t15-/m1/s1. The van der Waals surface area contributed by atoms with E-state index in [-0.39, 0.29) is 0 Å². The van der Waals surface area contributed by atoms with Gasteiger partial charge in [-0.2, -0.15) is 0 Å². The number of anilines is 1. The van der Waals surface area contributed by atoms with E-state index in [0.717, 1.165) is 22.8 Å². The zero-order chi connectivity index (χ0) is 19.6. The number of aromatic nitrogens is 5. The van der Waals surface area contributed by atoms with Crippen molar-refractivity contribution in [1.29, 1.82) is 0 Å². The van der Waals surface area contributed by atoms with Crippen molar-refractivity contribution in [3.05, 3.63) is 42.0 Å². The van der Waals surface area contributed by atoms with Gasteiger partial charge in [-0.25, -0.2) is 9.97 Å². The quantitative estimate of drug-likeness (QED) is 0.715. The smallest absolute Gasteiger partial charge is 0.238 e. The predicted molar refractivity (Wildman–Crippen MR) is 106 cm³/mol. The van der Waals surface area contributed by atoms with Crippen LogP contribution in [0.5, 0.6) is 5.88 Å². The Morgan fingerprint density at radius 2 is 1.85 bits per heavy atom. The van der Waals surface area contributed by atoms with Crippen LogP contribution in [0, 0.1) is 19.8 Å². The average Bonchev–Trinajstić information content (AvgIpc) is 3.08. The molecule has 0 radical (unpaired) electrons. The highest BCUT2D eigenvalue weighted by Gasteiger charge is 2.14. The minimum atomic E-state index is 0.319. The van der Waals surface area contributed by atoms with E-state index < -0.39 is 0 Å². The second-order valence-corrected chi connectivity index (χ2v) is 7.09. The first-order chi connectivity index (χ1) is 12.9. The van der Waals surface area contributed by atoms with Gasteiger partial charge in [-0.1, -0.05) is 13.8 Å². The maximum atomic E-state index is 5.48. The molecule has 3 aromatic rings. The second-order valence-electron chi connectivity index (χ2n) is 7.09. The monoisotopic (exact) mass is 366 g/mol. The zero-order valence-electron chi connectivity index (χ0n) is 16.7. The summed E-state index contributed by atoms with van der Waals surface area (Å²) in [6.07, 6.45) is 3.67. The summed E-state index contributed by atoms with van der Waals surface area (Å²) in [6, 6.07) is 6.18. The van der Waals surface area contributed by atoms with Crippen LogP contribution in [0.1, 0.15) is 32.0 Å². The van der Waals surface area contributed by atoms with Crippen LogP contribution < -0.4 is 10.1 Å². The highest BCUT2D eigenvalue weighted by atomic mass is 16.5. The average molecular weight is 366 g/mol. The molecule has 0 amide bonds. The number of methoxy groups -OCH3 is 1. The van der Waals surface area contributed by atoms with E-state index in [1.54, 1.807) is 13.4 Å². The molecule has 1 atom stereocenters. The van der Waals surface area contributed by atoms with Crippen molar-refractivity contribution < 1.29 is 4.74 Å². The van der Waals surface area contributed by atoms with Gasteiger partial charge in [-0.15, -0.1) is 10.2 Å². The molecule has 0 aliphatic carbocycles. The summed E-state index contributed by atoms with van der Waals surface area (Å²) in [5.41, 5.74) is 4.22. The third-order valence-electron chi connectivity index (χ3n) is 4.63. The SMILES string of the molecule is COc1nc(-c2cc(C)c(N[C@H](C)C(C)C)nn2)ccc1-n1cnc(C)c1. The van der Waals surface area contributed by atoms with Crippen LogP contribution in [0.2, 0.25) is 0 Å². The zero-order valence-corrected chi connectivity index (χ0v) is 16.7. The Balaban J connectivity index is 1.91. The number of hydrogen-bond donors (Lipinski definition) is 1. The first-order valence-corrected chi connectivity index (χ1v) is 9.06. The summed E-state index contributed by atoms with van der Waals surface area (Å²) in [5.74, 6) is 1.83. The van der Waals surface area contributed by atoms with Crippen molar-refractivity contribution in [2.75, 3.05) is 12.4 Å². The van der Waals surface area contributed by atoms with Crippen molar-refractivity contribution in [3.8, 4) is 23.0 Å². The minimum absolute atomic E-state index is 0.319. The fraction of sp³-hybridized carbons (Fsp3) is 0.400. The largest absolute Gasteiger partial charge is 0.479 e. The van der Waals surface area contributed by atoms with Crippen molar-refractivity contribution in [2.45, 2.75) is 40.7 Å². The van der Waals surface area contributed by atoms with E-state index in [0.29, 0.717) is 29.2 Å². The lowest BCUT2D eigenvalue weighted by Gasteiger charge is -2.19. The Morgan fingerprint density at radius 1 is 1.07 bits per heavy atom. The molecule has 27 heavy (non-hydrogen) atoms. The van der Waals surface area contributed by atoms with Crippen molar-refractivity contribution in [1.82, 2.24) is 24.7 Å². The first-order valence-electron chi connectivity index (χ1n) is 9.06. The Kier molecular flexibility index (Phi) is 5.39. The Hall–Kier alpha value is -2.96. The molecule has 1 N–H and O–H groups in total. The second kappa shape index (κ2) is 7.73. The lowest BCUT2D eigenvalue weighted by Crippen LogP contribution is -2.23. The summed E-state index contributed by atoms with van der Waals surface area (Å²) < 4.78 is 7.37. The van der Waals surface area contributed by atoms with Gasteiger partial charge < -0.3 is 14.6 Å². The molecule has 0 fully saturated rings. The van der Waals surface area contributed by atoms with E-state index >= 15 is 0 Å². The Morgan fingerprint density at radius 3 is 2.44 bits per heavy atom. The number of imidazole rings is 1. The number of ether oxygens (including phenoxy) is 1. The van der Waals surface area contributed by atoms with Crippen molar-refractivity contribution in [3.63, 3.8) is 0 Å². The maximum absolute atomic E-state index is 5.48. The molecule has 142 valence electrons. The van der Waals surface area contributed by atoms with Crippen LogP contribution >= 0.6 is 0 Å². The highest BCUT2D eigenvalue weighted by Crippen LogP contribution is 2.26. The lowest BCUT2D eigenvalue weighted by molar-refractivity contribution is 0.396. The Labute approximate surface area is 159 Å². The summed E-state index contributed by atoms with van der Waals surface area (Å²) in [7, 11) is 1.61. The van der Waals surface area contributed by atoms with E-state index in [2.05, 4.69) is 46.3 Å². The van der Waals surface area contributed by atoms with Crippen LogP contribution in [0.4, 0.5) is 5.82 Å². The molecule has 3 aromatic heterocycles. The summed E-state index contributed by atoms with van der Waals surface area (Å²) in [5, 5.41) is 12.1. The van der Waals surface area contributed by atoms with Crippen LogP contribution in [-0.2, 0) is 0 Å². The molecule has 3 rings (SSSR count). The van der Waals surface area contributed by atoms with Gasteiger partial charge in [0, 0.05) is 12.2 Å². The van der Waals surface area contributed by atoms with Gasteiger partial charge >= 0.3 is 0 Å². The lowest BCUT2D eigenvalue weighted by atomic mass is 10.1. The number of nitrogens with one attached hydrogen (secondary N) is 1. The van der Waals surface area contributed by atoms with Gasteiger partial charge in [0.05, 0.1) is 24.8 Å². The summed E-state index contributed by atoms with van der Waals surface area (Å²) in [4.78, 5) is 8.87. The van der Waals surface area contributed by atoms with Gasteiger partial charge in [0.15, 0.2) is 5.82 Å². The number of nitrogens with zero attached hydrogens (tertiary/aromatic N) is 5. The fourth-order valence-electron chi connectivity index (χ4n) is 2.61. The van der Waals surface area contributed by atoms with Crippen LogP contribution in [-0.4, -0.2) is 37.9 Å². The highest BCUT2D eigenvalue weighted by molar-refractivity contribution is 5.61. The molecule has 0 saturated carbocycles. The van der Waals surface area contributed by atoms with E-state index in [1.807, 2.05) is 42.8 Å². The van der Waals surface area contributed by atoms with Gasteiger partial charge in [0.25, 0.3) is 0 Å².